The number of benzene rings is 2. The van der Waals surface area contributed by atoms with E-state index >= 15 is 0 Å². The Balaban J connectivity index is 1.95. The van der Waals surface area contributed by atoms with Crippen LogP contribution in [0.3, 0.4) is 0 Å². The third-order valence-corrected chi connectivity index (χ3v) is 3.46. The summed E-state index contributed by atoms with van der Waals surface area (Å²) < 4.78 is 0. The van der Waals surface area contributed by atoms with Crippen LogP contribution in [-0.4, -0.2) is 5.11 Å². The Morgan fingerprint density at radius 2 is 1.85 bits per heavy atom. The molecule has 0 aliphatic rings. The van der Waals surface area contributed by atoms with Crippen molar-refractivity contribution in [1.82, 2.24) is 5.32 Å². The van der Waals surface area contributed by atoms with Crippen molar-refractivity contribution < 1.29 is 0 Å². The molecule has 2 rings (SSSR count). The van der Waals surface area contributed by atoms with E-state index in [0.717, 1.165) is 12.1 Å². The Morgan fingerprint density at radius 1 is 1.10 bits per heavy atom. The summed E-state index contributed by atoms with van der Waals surface area (Å²) in [5.41, 5.74) is 3.55. The van der Waals surface area contributed by atoms with Gasteiger partial charge in [-0.15, -0.1) is 0 Å². The summed E-state index contributed by atoms with van der Waals surface area (Å²) in [5, 5.41) is 7.19. The zero-order chi connectivity index (χ0) is 14.4. The Morgan fingerprint density at radius 3 is 2.55 bits per heavy atom. The lowest BCUT2D eigenvalue weighted by molar-refractivity contribution is 0.722. The summed E-state index contributed by atoms with van der Waals surface area (Å²) in [5.74, 6) is 0. The van der Waals surface area contributed by atoms with E-state index in [1.54, 1.807) is 0 Å². The van der Waals surface area contributed by atoms with Crippen LogP contribution < -0.4 is 10.6 Å². The first-order valence-electron chi connectivity index (χ1n) is 6.90. The van der Waals surface area contributed by atoms with E-state index in [4.69, 9.17) is 12.2 Å². The average Bonchev–Trinajstić information content (AvgIpc) is 2.48. The second kappa shape index (κ2) is 7.06. The molecule has 2 N–H and O–H groups in total. The molecule has 2 nitrogen and oxygen atoms in total. The van der Waals surface area contributed by atoms with Gasteiger partial charge in [-0.05, 0) is 48.8 Å². The van der Waals surface area contributed by atoms with Crippen molar-refractivity contribution >= 4 is 23.0 Å². The highest BCUT2D eigenvalue weighted by atomic mass is 32.1. The quantitative estimate of drug-likeness (QED) is 0.819. The zero-order valence-corrected chi connectivity index (χ0v) is 12.7. The standard InChI is InChI=1S/C17H20N2S/c1-3-14-8-7-11-16(12-14)19-17(20)18-13(2)15-9-5-4-6-10-15/h4-13H,3H2,1-2H3,(H2,18,19,20). The molecule has 3 heteroatoms. The maximum absolute atomic E-state index is 5.37. The Labute approximate surface area is 126 Å². The fourth-order valence-corrected chi connectivity index (χ4v) is 2.35. The van der Waals surface area contributed by atoms with Gasteiger partial charge in [-0.25, -0.2) is 0 Å². The number of hydrogen-bond acceptors (Lipinski definition) is 1. The van der Waals surface area contributed by atoms with E-state index in [1.165, 1.54) is 11.1 Å². The Kier molecular flexibility index (Phi) is 5.13. The van der Waals surface area contributed by atoms with Gasteiger partial charge in [0.05, 0.1) is 6.04 Å². The average molecular weight is 284 g/mol. The van der Waals surface area contributed by atoms with Crippen molar-refractivity contribution in [3.63, 3.8) is 0 Å². The van der Waals surface area contributed by atoms with Gasteiger partial charge >= 0.3 is 0 Å². The van der Waals surface area contributed by atoms with Crippen LogP contribution in [0.1, 0.15) is 31.0 Å². The van der Waals surface area contributed by atoms with Crippen molar-refractivity contribution in [2.24, 2.45) is 0 Å². The van der Waals surface area contributed by atoms with E-state index in [1.807, 2.05) is 30.3 Å². The van der Waals surface area contributed by atoms with Gasteiger partial charge in [0.25, 0.3) is 0 Å². The van der Waals surface area contributed by atoms with Crippen LogP contribution in [0.5, 0.6) is 0 Å². The summed E-state index contributed by atoms with van der Waals surface area (Å²) in [7, 11) is 0. The van der Waals surface area contributed by atoms with Gasteiger partial charge in [0.1, 0.15) is 0 Å². The van der Waals surface area contributed by atoms with Gasteiger partial charge in [-0.3, -0.25) is 0 Å². The zero-order valence-electron chi connectivity index (χ0n) is 11.9. The van der Waals surface area contributed by atoms with Gasteiger partial charge in [-0.1, -0.05) is 49.4 Å². The molecular weight excluding hydrogens is 264 g/mol. The lowest BCUT2D eigenvalue weighted by Crippen LogP contribution is -2.30. The monoisotopic (exact) mass is 284 g/mol. The second-order valence-corrected chi connectivity index (χ2v) is 5.19. The van der Waals surface area contributed by atoms with Crippen molar-refractivity contribution in [3.05, 3.63) is 65.7 Å². The number of nitrogens with one attached hydrogen (secondary N) is 2. The Bertz CT molecular complexity index is 566. The predicted octanol–water partition coefficient (Wildman–Crippen LogP) is 4.30. The minimum absolute atomic E-state index is 0.186. The van der Waals surface area contributed by atoms with Crippen LogP contribution in [0, 0.1) is 0 Å². The maximum Gasteiger partial charge on any atom is 0.171 e. The molecule has 20 heavy (non-hydrogen) atoms. The third-order valence-electron chi connectivity index (χ3n) is 3.24. The highest BCUT2D eigenvalue weighted by Gasteiger charge is 2.06. The number of rotatable bonds is 4. The molecule has 0 aliphatic heterocycles. The molecule has 0 saturated heterocycles. The fraction of sp³-hybridized carbons (Fsp3) is 0.235. The number of anilines is 1. The summed E-state index contributed by atoms with van der Waals surface area (Å²) in [6.07, 6.45) is 1.02. The minimum atomic E-state index is 0.186. The predicted molar refractivity (Wildman–Crippen MR) is 90.0 cm³/mol. The molecule has 0 radical (unpaired) electrons. The second-order valence-electron chi connectivity index (χ2n) is 4.78. The molecule has 0 spiro atoms. The Hall–Kier alpha value is -1.87. The minimum Gasteiger partial charge on any atom is -0.356 e. The van der Waals surface area contributed by atoms with Crippen molar-refractivity contribution in [3.8, 4) is 0 Å². The van der Waals surface area contributed by atoms with Crippen molar-refractivity contribution in [1.29, 1.82) is 0 Å². The van der Waals surface area contributed by atoms with Crippen LogP contribution in [0.25, 0.3) is 0 Å². The maximum atomic E-state index is 5.37. The third kappa shape index (κ3) is 4.07. The van der Waals surface area contributed by atoms with Crippen LogP contribution in [-0.2, 0) is 6.42 Å². The highest BCUT2D eigenvalue weighted by Crippen LogP contribution is 2.13. The van der Waals surface area contributed by atoms with E-state index in [2.05, 4.69) is 48.7 Å². The van der Waals surface area contributed by atoms with Crippen LogP contribution in [0.2, 0.25) is 0 Å². The molecule has 2 aromatic carbocycles. The molecular formula is C17H20N2S. The van der Waals surface area contributed by atoms with Gasteiger partial charge < -0.3 is 10.6 Å². The molecule has 0 fully saturated rings. The molecule has 0 saturated carbocycles. The molecule has 1 atom stereocenters. The molecule has 0 aliphatic carbocycles. The van der Waals surface area contributed by atoms with Crippen molar-refractivity contribution in [2.75, 3.05) is 5.32 Å². The largest absolute Gasteiger partial charge is 0.356 e. The van der Waals surface area contributed by atoms with E-state index < -0.39 is 0 Å². The number of thiocarbonyl (C=S) groups is 1. The van der Waals surface area contributed by atoms with E-state index in [-0.39, 0.29) is 6.04 Å². The van der Waals surface area contributed by atoms with E-state index in [0.29, 0.717) is 5.11 Å². The molecule has 0 bridgehead atoms. The molecule has 0 amide bonds. The summed E-state index contributed by atoms with van der Waals surface area (Å²) in [6.45, 7) is 4.25. The van der Waals surface area contributed by atoms with Gasteiger partial charge in [0, 0.05) is 5.69 Å². The molecule has 104 valence electrons. The lowest BCUT2D eigenvalue weighted by atomic mass is 10.1. The fourth-order valence-electron chi connectivity index (χ4n) is 2.06. The normalized spacial score (nSPS) is 11.7. The highest BCUT2D eigenvalue weighted by molar-refractivity contribution is 7.80. The molecule has 0 heterocycles. The van der Waals surface area contributed by atoms with Crippen LogP contribution in [0.15, 0.2) is 54.6 Å². The van der Waals surface area contributed by atoms with E-state index in [9.17, 15) is 0 Å². The SMILES string of the molecule is CCc1cccc(NC(=S)NC(C)c2ccccc2)c1. The first-order chi connectivity index (χ1) is 9.69. The molecule has 0 aromatic heterocycles. The van der Waals surface area contributed by atoms with Gasteiger partial charge in [-0.2, -0.15) is 0 Å². The van der Waals surface area contributed by atoms with Gasteiger partial charge in [0.2, 0.25) is 0 Å². The van der Waals surface area contributed by atoms with Gasteiger partial charge in [0.15, 0.2) is 5.11 Å². The first kappa shape index (κ1) is 14.5. The van der Waals surface area contributed by atoms with Crippen molar-refractivity contribution in [2.45, 2.75) is 26.3 Å². The van der Waals surface area contributed by atoms with Crippen LogP contribution >= 0.6 is 12.2 Å². The molecule has 2 aromatic rings. The first-order valence-corrected chi connectivity index (χ1v) is 7.31. The summed E-state index contributed by atoms with van der Waals surface area (Å²) >= 11 is 5.37. The van der Waals surface area contributed by atoms with Crippen LogP contribution in [0.4, 0.5) is 5.69 Å². The number of hydrogen-bond donors (Lipinski definition) is 2. The lowest BCUT2D eigenvalue weighted by Gasteiger charge is -2.17. The summed E-state index contributed by atoms with van der Waals surface area (Å²) in [6, 6.07) is 18.8. The number of aryl methyl sites for hydroxylation is 1. The summed E-state index contributed by atoms with van der Waals surface area (Å²) in [4.78, 5) is 0. The topological polar surface area (TPSA) is 24.1 Å². The smallest absolute Gasteiger partial charge is 0.171 e. The molecule has 1 unspecified atom stereocenters.